The first-order chi connectivity index (χ1) is 12.7. The molecule has 0 atom stereocenters. The Kier molecular flexibility index (Phi) is 9.03. The van der Waals surface area contributed by atoms with Crippen LogP contribution >= 0.6 is 24.0 Å². The van der Waals surface area contributed by atoms with Crippen LogP contribution in [0.3, 0.4) is 0 Å². The molecule has 1 aromatic carbocycles. The molecule has 0 saturated heterocycles. The second-order valence-corrected chi connectivity index (χ2v) is 6.72. The molecule has 7 heteroatoms. The molecule has 0 spiro atoms. The van der Waals surface area contributed by atoms with E-state index >= 15 is 0 Å². The van der Waals surface area contributed by atoms with Crippen molar-refractivity contribution in [1.29, 1.82) is 0 Å². The van der Waals surface area contributed by atoms with Crippen LogP contribution in [0.25, 0.3) is 5.69 Å². The van der Waals surface area contributed by atoms with Crippen molar-refractivity contribution < 1.29 is 4.39 Å². The van der Waals surface area contributed by atoms with E-state index in [1.54, 1.807) is 16.8 Å². The molecule has 0 unspecified atom stereocenters. The summed E-state index contributed by atoms with van der Waals surface area (Å²) in [6.45, 7) is 3.63. The zero-order chi connectivity index (χ0) is 18.2. The first-order valence-corrected chi connectivity index (χ1v) is 9.60. The molecular weight excluding hydrogens is 456 g/mol. The van der Waals surface area contributed by atoms with Gasteiger partial charge in [-0.1, -0.05) is 19.3 Å². The molecule has 0 radical (unpaired) electrons. The first-order valence-electron chi connectivity index (χ1n) is 9.60. The average Bonchev–Trinajstić information content (AvgIpc) is 3.12. The number of nitrogens with zero attached hydrogens (tertiary/aromatic N) is 3. The third kappa shape index (κ3) is 6.79. The molecule has 5 nitrogen and oxygen atoms in total. The summed E-state index contributed by atoms with van der Waals surface area (Å²) in [5, 5.41) is 11.4. The van der Waals surface area contributed by atoms with Gasteiger partial charge >= 0.3 is 0 Å². The van der Waals surface area contributed by atoms with E-state index in [0.29, 0.717) is 12.6 Å². The number of nitrogens with one attached hydrogen (secondary N) is 2. The summed E-state index contributed by atoms with van der Waals surface area (Å²) in [6.07, 6.45) is 9.09. The number of aliphatic imine (C=N–C) groups is 1. The summed E-state index contributed by atoms with van der Waals surface area (Å²) in [5.41, 5.74) is 1.83. The summed E-state index contributed by atoms with van der Waals surface area (Å²) >= 11 is 0. The van der Waals surface area contributed by atoms with Gasteiger partial charge in [0, 0.05) is 31.7 Å². The van der Waals surface area contributed by atoms with E-state index in [0.717, 1.165) is 30.3 Å². The molecule has 2 N–H and O–H groups in total. The topological polar surface area (TPSA) is 54.2 Å². The third-order valence-electron chi connectivity index (χ3n) is 4.66. The number of rotatable bonds is 6. The van der Waals surface area contributed by atoms with Gasteiger partial charge in [-0.25, -0.2) is 9.07 Å². The second kappa shape index (κ2) is 11.3. The number of benzene rings is 1. The lowest BCUT2D eigenvalue weighted by Crippen LogP contribution is -2.44. The van der Waals surface area contributed by atoms with Gasteiger partial charge < -0.3 is 10.6 Å². The molecule has 1 fully saturated rings. The van der Waals surface area contributed by atoms with Crippen molar-refractivity contribution >= 4 is 29.9 Å². The van der Waals surface area contributed by atoms with E-state index in [4.69, 9.17) is 4.99 Å². The van der Waals surface area contributed by atoms with Gasteiger partial charge in [0.05, 0.1) is 11.4 Å². The van der Waals surface area contributed by atoms with Crippen molar-refractivity contribution in [2.75, 3.05) is 13.1 Å². The van der Waals surface area contributed by atoms with Crippen LogP contribution in [0.5, 0.6) is 0 Å². The van der Waals surface area contributed by atoms with Gasteiger partial charge in [0.2, 0.25) is 0 Å². The highest BCUT2D eigenvalue weighted by atomic mass is 127. The van der Waals surface area contributed by atoms with Gasteiger partial charge in [0.15, 0.2) is 5.96 Å². The fourth-order valence-corrected chi connectivity index (χ4v) is 3.28. The Balaban J connectivity index is 0.00000261. The summed E-state index contributed by atoms with van der Waals surface area (Å²) in [5.74, 6) is 0.661. The Hall–Kier alpha value is -1.64. The highest BCUT2D eigenvalue weighted by Gasteiger charge is 2.14. The minimum atomic E-state index is -0.239. The van der Waals surface area contributed by atoms with E-state index in [9.17, 15) is 4.39 Å². The van der Waals surface area contributed by atoms with Crippen LogP contribution in [0.4, 0.5) is 4.39 Å². The molecule has 2 aromatic rings. The van der Waals surface area contributed by atoms with Crippen LogP contribution in [0.15, 0.2) is 41.5 Å². The van der Waals surface area contributed by atoms with Crippen molar-refractivity contribution in [1.82, 2.24) is 20.4 Å². The number of guanidine groups is 1. The van der Waals surface area contributed by atoms with E-state index in [2.05, 4.69) is 22.7 Å². The van der Waals surface area contributed by atoms with E-state index in [-0.39, 0.29) is 29.8 Å². The maximum absolute atomic E-state index is 13.0. The Morgan fingerprint density at radius 1 is 1.19 bits per heavy atom. The maximum Gasteiger partial charge on any atom is 0.191 e. The van der Waals surface area contributed by atoms with Crippen molar-refractivity contribution in [3.8, 4) is 5.69 Å². The number of hydrogen-bond acceptors (Lipinski definition) is 2. The Morgan fingerprint density at radius 3 is 2.63 bits per heavy atom. The molecule has 148 valence electrons. The molecule has 1 aliphatic rings. The highest BCUT2D eigenvalue weighted by molar-refractivity contribution is 14.0. The maximum atomic E-state index is 13.0. The minimum Gasteiger partial charge on any atom is -0.357 e. The SMILES string of the molecule is CCNC(=NCCc1ccn(-c2ccc(F)cc2)n1)NC1CCCCC1.I. The molecular formula is C20H29FIN5. The van der Waals surface area contributed by atoms with Gasteiger partial charge in [0.25, 0.3) is 0 Å². The molecule has 1 aromatic heterocycles. The molecule has 1 heterocycles. The van der Waals surface area contributed by atoms with Crippen LogP contribution in [0.2, 0.25) is 0 Å². The van der Waals surface area contributed by atoms with Gasteiger partial charge in [0.1, 0.15) is 5.82 Å². The van der Waals surface area contributed by atoms with Crippen LogP contribution in [-0.2, 0) is 6.42 Å². The lowest BCUT2D eigenvalue weighted by molar-refractivity contribution is 0.410. The van der Waals surface area contributed by atoms with Crippen molar-refractivity contribution in [3.63, 3.8) is 0 Å². The molecule has 1 saturated carbocycles. The largest absolute Gasteiger partial charge is 0.357 e. The monoisotopic (exact) mass is 485 g/mol. The van der Waals surface area contributed by atoms with Crippen molar-refractivity contribution in [2.45, 2.75) is 51.5 Å². The summed E-state index contributed by atoms with van der Waals surface area (Å²) in [4.78, 5) is 4.69. The van der Waals surface area contributed by atoms with Crippen molar-refractivity contribution in [3.05, 3.63) is 48.0 Å². The predicted molar refractivity (Wildman–Crippen MR) is 119 cm³/mol. The summed E-state index contributed by atoms with van der Waals surface area (Å²) in [7, 11) is 0. The van der Waals surface area contributed by atoms with E-state index in [1.807, 2.05) is 12.3 Å². The molecule has 0 bridgehead atoms. The molecule has 3 rings (SSSR count). The number of halogens is 2. The lowest BCUT2D eigenvalue weighted by atomic mass is 9.96. The number of aromatic nitrogens is 2. The lowest BCUT2D eigenvalue weighted by Gasteiger charge is -2.24. The summed E-state index contributed by atoms with van der Waals surface area (Å²) in [6, 6.07) is 8.87. The molecule has 1 aliphatic carbocycles. The Bertz CT molecular complexity index is 707. The normalized spacial score (nSPS) is 15.3. The van der Waals surface area contributed by atoms with Gasteiger partial charge in [-0.3, -0.25) is 4.99 Å². The van der Waals surface area contributed by atoms with Crippen LogP contribution in [-0.4, -0.2) is 34.9 Å². The van der Waals surface area contributed by atoms with Crippen molar-refractivity contribution in [2.24, 2.45) is 4.99 Å². The Morgan fingerprint density at radius 2 is 1.93 bits per heavy atom. The van der Waals surface area contributed by atoms with Gasteiger partial charge in [-0.05, 0) is 50.1 Å². The zero-order valence-electron chi connectivity index (χ0n) is 15.8. The smallest absolute Gasteiger partial charge is 0.191 e. The summed E-state index contributed by atoms with van der Waals surface area (Å²) < 4.78 is 14.8. The average molecular weight is 485 g/mol. The zero-order valence-corrected chi connectivity index (χ0v) is 18.2. The van der Waals surface area contributed by atoms with Crippen LogP contribution in [0.1, 0.15) is 44.7 Å². The van der Waals surface area contributed by atoms with E-state index in [1.165, 1.54) is 44.2 Å². The third-order valence-corrected chi connectivity index (χ3v) is 4.66. The predicted octanol–water partition coefficient (Wildman–Crippen LogP) is 4.06. The fourth-order valence-electron chi connectivity index (χ4n) is 3.28. The standard InChI is InChI=1S/C20H28FN5.HI/c1-2-22-20(24-17-6-4-3-5-7-17)23-14-12-18-13-15-26(25-18)19-10-8-16(21)9-11-19;/h8-11,13,15,17H,2-7,12,14H2,1H3,(H2,22,23,24);1H. The molecule has 0 aliphatic heterocycles. The number of hydrogen-bond donors (Lipinski definition) is 2. The van der Waals surface area contributed by atoms with E-state index < -0.39 is 0 Å². The molecule has 0 amide bonds. The highest BCUT2D eigenvalue weighted by Crippen LogP contribution is 2.17. The van der Waals surface area contributed by atoms with Crippen LogP contribution in [0, 0.1) is 5.82 Å². The minimum absolute atomic E-state index is 0. The Labute approximate surface area is 177 Å². The molecule has 27 heavy (non-hydrogen) atoms. The van der Waals surface area contributed by atoms with Crippen LogP contribution < -0.4 is 10.6 Å². The van der Waals surface area contributed by atoms with Gasteiger partial charge in [-0.2, -0.15) is 5.10 Å². The quantitative estimate of drug-likeness (QED) is 0.369. The van der Waals surface area contributed by atoms with Gasteiger partial charge in [-0.15, -0.1) is 24.0 Å². The fraction of sp³-hybridized carbons (Fsp3) is 0.500. The first kappa shape index (κ1) is 21.7. The second-order valence-electron chi connectivity index (χ2n) is 6.72.